The summed E-state index contributed by atoms with van der Waals surface area (Å²) in [6.45, 7) is 0. The summed E-state index contributed by atoms with van der Waals surface area (Å²) < 4.78 is 0. The highest BCUT2D eigenvalue weighted by Crippen LogP contribution is 2.35. The molecule has 0 saturated heterocycles. The average Bonchev–Trinajstić information content (AvgIpc) is 2.70. The maximum atomic E-state index is 6.32. The zero-order chi connectivity index (χ0) is 18.6. The van der Waals surface area contributed by atoms with E-state index in [1.165, 1.54) is 11.8 Å². The second kappa shape index (κ2) is 8.09. The second-order valence-corrected chi connectivity index (χ2v) is 7.60. The molecule has 132 valence electrons. The van der Waals surface area contributed by atoms with Crippen molar-refractivity contribution in [2.75, 3.05) is 0 Å². The van der Waals surface area contributed by atoms with Gasteiger partial charge in [0.05, 0.1) is 5.02 Å². The molecule has 6 heteroatoms. The lowest BCUT2D eigenvalue weighted by atomic mass is 10.1. The van der Waals surface area contributed by atoms with Crippen LogP contribution in [0.1, 0.15) is 0 Å². The van der Waals surface area contributed by atoms with E-state index >= 15 is 0 Å². The van der Waals surface area contributed by atoms with Crippen LogP contribution in [0.4, 0.5) is 0 Å². The fourth-order valence-electron chi connectivity index (χ4n) is 2.53. The summed E-state index contributed by atoms with van der Waals surface area (Å²) in [5.74, 6) is 0.497. The fourth-order valence-corrected chi connectivity index (χ4v) is 3.78. The fraction of sp³-hybridized carbons (Fsp3) is 0. The van der Waals surface area contributed by atoms with E-state index in [9.17, 15) is 0 Å². The number of hydrogen-bond donors (Lipinski definition) is 0. The van der Waals surface area contributed by atoms with Crippen LogP contribution in [-0.2, 0) is 0 Å². The highest BCUT2D eigenvalue weighted by molar-refractivity contribution is 7.99. The molecule has 0 atom stereocenters. The third-order valence-corrected chi connectivity index (χ3v) is 5.41. The summed E-state index contributed by atoms with van der Waals surface area (Å²) in [6.07, 6.45) is 0. The van der Waals surface area contributed by atoms with Crippen LogP contribution < -0.4 is 0 Å². The normalized spacial score (nSPS) is 10.7. The van der Waals surface area contributed by atoms with E-state index in [0.29, 0.717) is 21.6 Å². The number of benzene rings is 3. The van der Waals surface area contributed by atoms with Crippen LogP contribution in [0.25, 0.3) is 22.6 Å². The minimum atomic E-state index is 0.497. The molecule has 4 aromatic rings. The molecular weight excluding hydrogens is 397 g/mol. The Morgan fingerprint density at radius 2 is 1.41 bits per heavy atom. The highest BCUT2D eigenvalue weighted by atomic mass is 35.5. The van der Waals surface area contributed by atoms with Crippen molar-refractivity contribution in [3.8, 4) is 22.6 Å². The Morgan fingerprint density at radius 3 is 2.15 bits per heavy atom. The van der Waals surface area contributed by atoms with Gasteiger partial charge >= 0.3 is 0 Å². The third kappa shape index (κ3) is 4.14. The van der Waals surface area contributed by atoms with Gasteiger partial charge in [0, 0.05) is 21.0 Å². The smallest absolute Gasteiger partial charge is 0.184 e. The standard InChI is InChI=1S/C21H13Cl2N3S/c22-15-12-10-14(11-13-15)19-21(27-16-6-2-1-3-7-16)24-20(26-25-19)17-8-4-5-9-18(17)23/h1-13H. The predicted octanol–water partition coefficient (Wildman–Crippen LogP) is 6.66. The monoisotopic (exact) mass is 409 g/mol. The lowest BCUT2D eigenvalue weighted by Crippen LogP contribution is -1.99. The van der Waals surface area contributed by atoms with Crippen molar-refractivity contribution in [2.45, 2.75) is 9.92 Å². The van der Waals surface area contributed by atoms with Crippen LogP contribution >= 0.6 is 35.0 Å². The Balaban J connectivity index is 1.83. The molecule has 0 fully saturated rings. The molecule has 0 saturated carbocycles. The molecule has 3 nitrogen and oxygen atoms in total. The molecule has 0 amide bonds. The molecule has 27 heavy (non-hydrogen) atoms. The van der Waals surface area contributed by atoms with Crippen molar-refractivity contribution in [3.05, 3.63) is 88.9 Å². The first kappa shape index (κ1) is 18.0. The van der Waals surface area contributed by atoms with Crippen molar-refractivity contribution in [2.24, 2.45) is 0 Å². The summed E-state index contributed by atoms with van der Waals surface area (Å²) in [5, 5.41) is 10.8. The largest absolute Gasteiger partial charge is 0.217 e. The number of halogens is 2. The van der Waals surface area contributed by atoms with Gasteiger partial charge in [-0.25, -0.2) is 4.98 Å². The van der Waals surface area contributed by atoms with Crippen LogP contribution in [0.15, 0.2) is 88.8 Å². The predicted molar refractivity (Wildman–Crippen MR) is 111 cm³/mol. The van der Waals surface area contributed by atoms with Crippen LogP contribution in [0, 0.1) is 0 Å². The van der Waals surface area contributed by atoms with Crippen LogP contribution in [0.5, 0.6) is 0 Å². The van der Waals surface area contributed by atoms with Crippen molar-refractivity contribution in [1.29, 1.82) is 0 Å². The first-order valence-corrected chi connectivity index (χ1v) is 9.76. The lowest BCUT2D eigenvalue weighted by molar-refractivity contribution is 0.924. The van der Waals surface area contributed by atoms with Crippen molar-refractivity contribution in [3.63, 3.8) is 0 Å². The Bertz CT molecular complexity index is 1070. The zero-order valence-electron chi connectivity index (χ0n) is 14.0. The number of aromatic nitrogens is 3. The second-order valence-electron chi connectivity index (χ2n) is 5.69. The molecular formula is C21H13Cl2N3S. The number of hydrogen-bond acceptors (Lipinski definition) is 4. The minimum Gasteiger partial charge on any atom is -0.217 e. The highest BCUT2D eigenvalue weighted by Gasteiger charge is 2.15. The Kier molecular flexibility index (Phi) is 5.39. The lowest BCUT2D eigenvalue weighted by Gasteiger charge is -2.10. The Morgan fingerprint density at radius 1 is 0.704 bits per heavy atom. The molecule has 3 aromatic carbocycles. The van der Waals surface area contributed by atoms with E-state index in [2.05, 4.69) is 10.2 Å². The molecule has 0 aliphatic carbocycles. The van der Waals surface area contributed by atoms with Gasteiger partial charge in [-0.2, -0.15) is 0 Å². The summed E-state index contributed by atoms with van der Waals surface area (Å²) in [6, 6.07) is 25.0. The zero-order valence-corrected chi connectivity index (χ0v) is 16.3. The van der Waals surface area contributed by atoms with E-state index in [-0.39, 0.29) is 0 Å². The maximum absolute atomic E-state index is 6.32. The van der Waals surface area contributed by atoms with E-state index in [1.807, 2.05) is 78.9 Å². The van der Waals surface area contributed by atoms with Gasteiger partial charge in [-0.1, -0.05) is 77.4 Å². The first-order valence-electron chi connectivity index (χ1n) is 8.19. The molecule has 1 aromatic heterocycles. The van der Waals surface area contributed by atoms with Gasteiger partial charge in [-0.05, 0) is 36.4 Å². The summed E-state index contributed by atoms with van der Waals surface area (Å²) in [7, 11) is 0. The minimum absolute atomic E-state index is 0.497. The van der Waals surface area contributed by atoms with E-state index in [4.69, 9.17) is 28.2 Å². The van der Waals surface area contributed by atoms with Crippen LogP contribution in [0.3, 0.4) is 0 Å². The molecule has 0 aliphatic heterocycles. The topological polar surface area (TPSA) is 38.7 Å². The van der Waals surface area contributed by atoms with Gasteiger partial charge < -0.3 is 0 Å². The van der Waals surface area contributed by atoms with Crippen LogP contribution in [-0.4, -0.2) is 15.2 Å². The first-order chi connectivity index (χ1) is 13.2. The van der Waals surface area contributed by atoms with E-state index in [0.717, 1.165) is 21.0 Å². The van der Waals surface area contributed by atoms with Gasteiger partial charge in [-0.3, -0.25) is 0 Å². The van der Waals surface area contributed by atoms with Crippen molar-refractivity contribution >= 4 is 35.0 Å². The van der Waals surface area contributed by atoms with E-state index < -0.39 is 0 Å². The van der Waals surface area contributed by atoms with Gasteiger partial charge in [0.1, 0.15) is 10.7 Å². The third-order valence-electron chi connectivity index (χ3n) is 3.84. The van der Waals surface area contributed by atoms with Crippen molar-refractivity contribution < 1.29 is 0 Å². The molecule has 0 radical (unpaired) electrons. The molecule has 0 N–H and O–H groups in total. The molecule has 1 heterocycles. The number of nitrogens with zero attached hydrogens (tertiary/aromatic N) is 3. The van der Waals surface area contributed by atoms with Gasteiger partial charge in [-0.15, -0.1) is 10.2 Å². The SMILES string of the molecule is Clc1ccc(-c2nnc(-c3ccccc3Cl)nc2Sc2ccccc2)cc1. The Hall–Kier alpha value is -2.40. The van der Waals surface area contributed by atoms with Gasteiger partial charge in [0.25, 0.3) is 0 Å². The molecule has 0 unspecified atom stereocenters. The van der Waals surface area contributed by atoms with Gasteiger partial charge in [0.15, 0.2) is 5.82 Å². The van der Waals surface area contributed by atoms with Gasteiger partial charge in [0.2, 0.25) is 0 Å². The van der Waals surface area contributed by atoms with E-state index in [1.54, 1.807) is 0 Å². The number of rotatable bonds is 4. The molecule has 4 rings (SSSR count). The molecule has 0 spiro atoms. The van der Waals surface area contributed by atoms with Crippen molar-refractivity contribution in [1.82, 2.24) is 15.2 Å². The summed E-state index contributed by atoms with van der Waals surface area (Å²) in [4.78, 5) is 5.84. The summed E-state index contributed by atoms with van der Waals surface area (Å²) >= 11 is 13.9. The summed E-state index contributed by atoms with van der Waals surface area (Å²) in [5.41, 5.74) is 2.36. The molecule has 0 aliphatic rings. The Labute approximate surface area is 171 Å². The maximum Gasteiger partial charge on any atom is 0.184 e. The quantitative estimate of drug-likeness (QED) is 0.377. The molecule has 0 bridgehead atoms. The van der Waals surface area contributed by atoms with Crippen LogP contribution in [0.2, 0.25) is 10.0 Å². The average molecular weight is 410 g/mol.